The number of Topliss-reactive ketones (excluding diaryl/α,β-unsaturated/α-hetero) is 1. The summed E-state index contributed by atoms with van der Waals surface area (Å²) in [6.45, 7) is 1.61. The molecule has 3 saturated carbocycles. The van der Waals surface area contributed by atoms with E-state index in [0.29, 0.717) is 12.0 Å². The van der Waals surface area contributed by atoms with E-state index in [2.05, 4.69) is 4.18 Å². The zero-order valence-electron chi connectivity index (χ0n) is 21.9. The molecule has 10 heteroatoms. The Labute approximate surface area is 210 Å². The third kappa shape index (κ3) is 3.93. The van der Waals surface area contributed by atoms with Gasteiger partial charge in [0, 0.05) is 15.9 Å². The number of carbonyl (C=O) groups is 2. The van der Waals surface area contributed by atoms with Crippen LogP contribution in [0.4, 0.5) is 0 Å². The average molecular weight is 469 g/mol. The van der Waals surface area contributed by atoms with Gasteiger partial charge in [0.25, 0.3) is 0 Å². The van der Waals surface area contributed by atoms with Gasteiger partial charge in [-0.2, -0.15) is 0 Å². The van der Waals surface area contributed by atoms with E-state index >= 15 is 0 Å². The monoisotopic (exact) mass is 468 g/mol. The van der Waals surface area contributed by atoms with Gasteiger partial charge in [0.1, 0.15) is 12.2 Å². The molecular formula is C21H29NaO8S. The van der Waals surface area contributed by atoms with Gasteiger partial charge in [0.15, 0.2) is 11.6 Å². The smallest absolute Gasteiger partial charge is 0.726 e. The van der Waals surface area contributed by atoms with Crippen LogP contribution < -0.4 is 29.6 Å². The van der Waals surface area contributed by atoms with Crippen LogP contribution in [0.2, 0.25) is 0 Å². The Hall–Kier alpha value is -0.130. The summed E-state index contributed by atoms with van der Waals surface area (Å²) in [7, 11) is -5.26. The number of allylic oxidation sites excluding steroid dienone is 1. The first-order valence-electron chi connectivity index (χ1n) is 12.1. The maximum atomic E-state index is 13.0. The summed E-state index contributed by atoms with van der Waals surface area (Å²) >= 11 is 0. The van der Waals surface area contributed by atoms with Gasteiger partial charge in [0.2, 0.25) is 10.4 Å². The Morgan fingerprint density at radius 2 is 2.03 bits per heavy atom. The van der Waals surface area contributed by atoms with Crippen molar-refractivity contribution >= 4 is 22.0 Å². The molecule has 0 unspecified atom stereocenters. The molecule has 0 radical (unpaired) electrons. The van der Waals surface area contributed by atoms with E-state index in [4.69, 9.17) is 4.11 Å². The fraction of sp³-hybridized carbons (Fsp3) is 0.810. The Morgan fingerprint density at radius 1 is 1.35 bits per heavy atom. The van der Waals surface area contributed by atoms with Crippen LogP contribution in [-0.2, 0) is 24.2 Å². The first-order chi connectivity index (χ1) is 15.3. The number of rotatable bonds is 4. The summed E-state index contributed by atoms with van der Waals surface area (Å²) in [5, 5.41) is 23.1. The molecular weight excluding hydrogens is 435 g/mol. The maximum Gasteiger partial charge on any atom is 1.00 e. The van der Waals surface area contributed by atoms with Crippen LogP contribution in [0.25, 0.3) is 0 Å². The first kappa shape index (κ1) is 20.3. The second-order valence-corrected chi connectivity index (χ2v) is 10.4. The van der Waals surface area contributed by atoms with Crippen molar-refractivity contribution in [3.05, 3.63) is 11.6 Å². The van der Waals surface area contributed by atoms with Crippen molar-refractivity contribution in [3.8, 4) is 0 Å². The van der Waals surface area contributed by atoms with Crippen LogP contribution in [0.15, 0.2) is 11.6 Å². The van der Waals surface area contributed by atoms with Gasteiger partial charge in [-0.15, -0.1) is 0 Å². The molecule has 0 saturated heterocycles. The molecule has 0 amide bonds. The van der Waals surface area contributed by atoms with Crippen molar-refractivity contribution in [1.29, 1.82) is 0 Å². The summed E-state index contributed by atoms with van der Waals surface area (Å²) in [5.74, 6) is -5.08. The van der Waals surface area contributed by atoms with Crippen molar-refractivity contribution in [3.63, 3.8) is 0 Å². The maximum absolute atomic E-state index is 13.0. The van der Waals surface area contributed by atoms with Gasteiger partial charge < -0.3 is 14.8 Å². The average Bonchev–Trinajstić information content (AvgIpc) is 3.00. The van der Waals surface area contributed by atoms with E-state index in [-0.39, 0.29) is 67.4 Å². The molecule has 2 N–H and O–H groups in total. The Morgan fingerprint density at radius 3 is 2.68 bits per heavy atom. The molecule has 0 aromatic carbocycles. The van der Waals surface area contributed by atoms with E-state index in [1.807, 2.05) is 0 Å². The molecule has 7 atom stereocenters. The molecule has 0 spiro atoms. The molecule has 4 aliphatic carbocycles. The molecule has 31 heavy (non-hydrogen) atoms. The number of ketones is 2. The van der Waals surface area contributed by atoms with Gasteiger partial charge in [-0.25, -0.2) is 8.42 Å². The number of hydrogen-bond donors (Lipinski definition) is 2. The summed E-state index contributed by atoms with van der Waals surface area (Å²) < 4.78 is 72.9. The summed E-state index contributed by atoms with van der Waals surface area (Å²) in [6.07, 6.45) is -4.04. The molecule has 0 aromatic heterocycles. The normalized spacial score (nSPS) is 52.7. The Balaban J connectivity index is 0.00000342. The summed E-state index contributed by atoms with van der Waals surface area (Å²) in [6, 6.07) is 0. The Bertz CT molecular complexity index is 1100. The van der Waals surface area contributed by atoms with Crippen molar-refractivity contribution in [1.82, 2.24) is 0 Å². The topological polar surface area (TPSA) is 141 Å². The number of hydrogen-bond acceptors (Lipinski definition) is 8. The van der Waals surface area contributed by atoms with E-state index in [9.17, 15) is 34.1 Å². The number of carbonyl (C=O) groups excluding carboxylic acids is 2. The van der Waals surface area contributed by atoms with Crippen LogP contribution >= 0.6 is 0 Å². The molecule has 0 heterocycles. The fourth-order valence-corrected chi connectivity index (χ4v) is 6.58. The standard InChI is InChI=1S/C21H30O8S.Na/c1-19-7-5-13(22)9-12(19)3-4-14-15-6-8-21(25,17(24)11-29-30(26,27)28)20(15,2)10-16(23)18(14)19;/h9,14-16,18,23,25H,3-8,10-11H2,1-2H3,(H,26,27,28);/q;+1/p-1/t14-,15-,16-,18+,19-,20-,21-;/m0./s1/i10D2,16D,18D;. The zero-order valence-corrected chi connectivity index (χ0v) is 20.8. The van der Waals surface area contributed by atoms with Gasteiger partial charge in [-0.3, -0.25) is 13.8 Å². The summed E-state index contributed by atoms with van der Waals surface area (Å²) in [5.41, 5.74) is -5.21. The van der Waals surface area contributed by atoms with E-state index < -0.39 is 69.4 Å². The van der Waals surface area contributed by atoms with Crippen LogP contribution in [0.1, 0.15) is 64.2 Å². The largest absolute Gasteiger partial charge is 1.00 e. The van der Waals surface area contributed by atoms with Crippen molar-refractivity contribution in [2.24, 2.45) is 28.6 Å². The fourth-order valence-electron chi connectivity index (χ4n) is 6.33. The van der Waals surface area contributed by atoms with Crippen molar-refractivity contribution < 1.29 is 72.0 Å². The predicted octanol–water partition coefficient (Wildman–Crippen LogP) is -1.73. The minimum absolute atomic E-state index is 0. The van der Waals surface area contributed by atoms with Gasteiger partial charge >= 0.3 is 29.6 Å². The first-order valence-corrected chi connectivity index (χ1v) is 11.5. The second-order valence-electron chi connectivity index (χ2n) is 9.30. The van der Waals surface area contributed by atoms with Crippen LogP contribution in [0.3, 0.4) is 0 Å². The molecule has 4 aliphatic rings. The Kier molecular flexibility index (Phi) is 5.40. The molecule has 168 valence electrons. The number of fused-ring (bicyclic) bond motifs is 5. The predicted molar refractivity (Wildman–Crippen MR) is 104 cm³/mol. The van der Waals surface area contributed by atoms with Crippen LogP contribution in [0, 0.1) is 28.6 Å². The van der Waals surface area contributed by atoms with Gasteiger partial charge in [-0.05, 0) is 67.7 Å². The quantitative estimate of drug-likeness (QED) is 0.282. The molecule has 4 rings (SSSR count). The minimum atomic E-state index is -5.26. The molecule has 0 bridgehead atoms. The molecule has 0 aliphatic heterocycles. The third-order valence-electron chi connectivity index (χ3n) is 7.94. The summed E-state index contributed by atoms with van der Waals surface area (Å²) in [4.78, 5) is 25.0. The van der Waals surface area contributed by atoms with Gasteiger partial charge in [0.05, 0.1) is 7.45 Å². The molecule has 8 nitrogen and oxygen atoms in total. The second kappa shape index (κ2) is 8.27. The van der Waals surface area contributed by atoms with E-state index in [0.717, 1.165) is 0 Å². The van der Waals surface area contributed by atoms with Crippen molar-refractivity contribution in [2.45, 2.75) is 70.4 Å². The van der Waals surface area contributed by atoms with E-state index in [1.165, 1.54) is 13.0 Å². The third-order valence-corrected chi connectivity index (χ3v) is 8.34. The minimum Gasteiger partial charge on any atom is -0.726 e. The molecule has 0 aromatic rings. The van der Waals surface area contributed by atoms with Crippen molar-refractivity contribution in [2.75, 3.05) is 6.61 Å². The van der Waals surface area contributed by atoms with Crippen LogP contribution in [0.5, 0.6) is 0 Å². The van der Waals surface area contributed by atoms with E-state index in [1.54, 1.807) is 6.92 Å². The van der Waals surface area contributed by atoms with Gasteiger partial charge in [-0.1, -0.05) is 19.4 Å². The number of aliphatic hydroxyl groups is 2. The van der Waals surface area contributed by atoms with Crippen LogP contribution in [-0.4, -0.2) is 53.0 Å². The zero-order chi connectivity index (χ0) is 25.8. The SMILES string of the molecule is [2H]C1([2H])[C@]([2H])(O)[C@@]2([2H])[C@@H](CCC3=CC(=O)CC[C@@]32C)[C@@H]2CC[C@](O)(C(=O)COS(=O)(=O)[O-])[C@]21C.[Na+]. The molecule has 3 fully saturated rings.